The molecule has 0 spiro atoms. The van der Waals surface area contributed by atoms with Gasteiger partial charge in [-0.15, -0.1) is 0 Å². The highest BCUT2D eigenvalue weighted by Gasteiger charge is 2.28. The highest BCUT2D eigenvalue weighted by molar-refractivity contribution is 6.11. The first-order valence-corrected chi connectivity index (χ1v) is 41.3. The second-order valence-corrected chi connectivity index (χ2v) is 31.3. The van der Waals surface area contributed by atoms with Crippen molar-refractivity contribution in [1.29, 1.82) is 0 Å². The minimum atomic E-state index is -0.740. The van der Waals surface area contributed by atoms with Gasteiger partial charge in [-0.05, 0) is 88.1 Å². The molecule has 133 heavy (non-hydrogen) atoms. The predicted octanol–water partition coefficient (Wildman–Crippen LogP) is 3.11. The quantitative estimate of drug-likeness (QED) is 0.0246. The summed E-state index contributed by atoms with van der Waals surface area (Å²) in [7, 11) is 19.6. The van der Waals surface area contributed by atoms with E-state index in [1.807, 2.05) is 19.0 Å². The van der Waals surface area contributed by atoms with Gasteiger partial charge in [-0.1, -0.05) is 0 Å². The van der Waals surface area contributed by atoms with Gasteiger partial charge >= 0.3 is 0 Å². The third-order valence-corrected chi connectivity index (χ3v) is 20.2. The van der Waals surface area contributed by atoms with Crippen LogP contribution in [0.2, 0.25) is 0 Å². The zero-order chi connectivity index (χ0) is 95.9. The molecule has 696 valence electrons. The zero-order valence-corrected chi connectivity index (χ0v) is 74.6. The fraction of sp³-hybridized carbons (Fsp3) is 0.298. The lowest BCUT2D eigenvalue weighted by Crippen LogP contribution is -2.32. The number of rotatable bonds is 39. The van der Waals surface area contributed by atoms with Crippen molar-refractivity contribution in [3.8, 4) is 0 Å². The Hall–Kier alpha value is -17.3. The number of nitrogens with zero attached hydrogens (tertiary/aromatic N) is 16. The van der Waals surface area contributed by atoms with Gasteiger partial charge in [0.15, 0.2) is 29.1 Å². The lowest BCUT2D eigenvalue weighted by atomic mass is 10.2. The molecule has 0 unspecified atom stereocenters. The molecule has 11 heterocycles. The SMILES string of the molecule is CC(=O)Nc1cn(C)c(C(=O)Nc2cc(C(=O)NCCC(=O)Nc3cn(C)c(C(=O)Nc4cn(C)c(C(=O)Nc5cc(C(=O)Nc6cn(C)c(C(=O)NCCCC(=O)Nc7cc(C(=O)Nc8cn(C)c(C(=O)NCCC(=O)Nc9cc(C(=O)Nc%10cc(C(=O)Nc%11ccc%12[nH]c(C(=O)NCCC(=O)NCCCN(C)C)cc%12c%11)n(C)c%10)n(C)c9)n8)n(C)c7)n6)n(C)c5)n4)n3)n(C)c2)n1. The van der Waals surface area contributed by atoms with Crippen LogP contribution in [0, 0.1) is 0 Å². The summed E-state index contributed by atoms with van der Waals surface area (Å²) in [4.78, 5) is 236. The number of aryl methyl sites for hydroxylation is 10. The molecule has 0 aliphatic carbocycles. The standard InChI is InChI=1S/C84H99N33O16/c1-45(118)90-60-40-115(11)71(99-60)82(131)95-51-32-55(108(4)38-51)75(124)88-25-21-68(122)98-61-41-116(12)73(100-61)84(133)106-64-44-117(13)72(103-64)83(132)96-52-34-59(112(8)39-52)79(128)105-62-42-113(9)69(101-62)80(129)86-22-14-16-66(120)91-48-31-58(110(6)35-48)78(127)104-63-43-114(10)70(102-63)81(130)89-26-20-67(121)92-49-30-56(109(5)36-49)77(126)94-50-33-57(111(7)37-50)76(125)93-47-17-18-53-46(28-47)29-54(97-53)74(123)87-24-19-65(119)85-23-15-27-107(2)3/h17-18,28-44,97H,14-16,19-27H2,1-13H3,(H,85,119)(H,86,129)(H,87,123)(H,88,124)(H,89,130)(H,90,118)(H,91,120)(H,92,121)(H,93,125)(H,94,126)(H,95,131)(H,96,132)(H,98,122)(H,104,127)(H,105,128)(H,106,133). The lowest BCUT2D eigenvalue weighted by Gasteiger charge is -2.10. The Kier molecular flexibility index (Phi) is 29.7. The van der Waals surface area contributed by atoms with Crippen LogP contribution < -0.4 is 85.1 Å². The molecule has 49 nitrogen and oxygen atoms in total. The largest absolute Gasteiger partial charge is 0.356 e. The smallest absolute Gasteiger partial charge is 0.292 e. The van der Waals surface area contributed by atoms with Crippen LogP contribution in [0.1, 0.15) is 161 Å². The number of fused-ring (bicyclic) bond motifs is 1. The number of carbonyl (C=O) groups is 16. The maximum Gasteiger partial charge on any atom is 0.292 e. The Morgan fingerprint density at radius 3 is 1.03 bits per heavy atom. The molecule has 16 amide bonds. The second kappa shape index (κ2) is 41.6. The zero-order valence-electron chi connectivity index (χ0n) is 74.6. The van der Waals surface area contributed by atoms with Crippen molar-refractivity contribution in [2.45, 2.75) is 45.4 Å². The van der Waals surface area contributed by atoms with Crippen LogP contribution in [-0.4, -0.2) is 228 Å². The molecule has 0 fully saturated rings. The van der Waals surface area contributed by atoms with Crippen molar-refractivity contribution < 1.29 is 76.7 Å². The fourth-order valence-electron chi connectivity index (χ4n) is 13.8. The molecule has 12 rings (SSSR count). The lowest BCUT2D eigenvalue weighted by molar-refractivity contribution is -0.121. The average molecular weight is 1830 g/mol. The number of benzene rings is 1. The van der Waals surface area contributed by atoms with Gasteiger partial charge in [-0.25, -0.2) is 24.9 Å². The topological polar surface area (TPSA) is 598 Å². The number of aromatic nitrogens is 16. The Morgan fingerprint density at radius 2 is 0.602 bits per heavy atom. The van der Waals surface area contributed by atoms with Crippen molar-refractivity contribution in [2.75, 3.05) is 112 Å². The minimum Gasteiger partial charge on any atom is -0.356 e. The van der Waals surface area contributed by atoms with Crippen LogP contribution in [0.3, 0.4) is 0 Å². The number of amides is 16. The number of anilines is 11. The molecular formula is C84H99N33O16. The number of aromatic amines is 1. The van der Waals surface area contributed by atoms with Crippen LogP contribution in [-0.2, 0) is 94.4 Å². The fourth-order valence-corrected chi connectivity index (χ4v) is 13.8. The van der Waals surface area contributed by atoms with E-state index in [2.05, 4.69) is 115 Å². The number of carbonyl (C=O) groups excluding carboxylic acids is 16. The molecule has 12 aromatic rings. The minimum absolute atomic E-state index is 0.00999. The number of H-pyrrole nitrogens is 1. The molecular weight excluding hydrogens is 1730 g/mol. The summed E-state index contributed by atoms with van der Waals surface area (Å²) in [6, 6.07) is 14.0. The van der Waals surface area contributed by atoms with Crippen molar-refractivity contribution in [3.63, 3.8) is 0 Å². The van der Waals surface area contributed by atoms with E-state index in [9.17, 15) is 76.7 Å². The third kappa shape index (κ3) is 24.5. The van der Waals surface area contributed by atoms with Crippen molar-refractivity contribution in [3.05, 3.63) is 180 Å². The first-order valence-electron chi connectivity index (χ1n) is 41.3. The predicted molar refractivity (Wildman–Crippen MR) is 486 cm³/mol. The summed E-state index contributed by atoms with van der Waals surface area (Å²) in [5.41, 5.74) is 3.52. The Balaban J connectivity index is 0.519. The maximum absolute atomic E-state index is 13.6. The van der Waals surface area contributed by atoms with E-state index in [0.29, 0.717) is 34.5 Å². The van der Waals surface area contributed by atoms with E-state index in [4.69, 9.17) is 0 Å². The highest BCUT2D eigenvalue weighted by atomic mass is 16.2. The molecule has 0 saturated heterocycles. The van der Waals surface area contributed by atoms with E-state index in [1.165, 1.54) is 155 Å². The summed E-state index contributed by atoms with van der Waals surface area (Å²) >= 11 is 0. The van der Waals surface area contributed by atoms with Gasteiger partial charge in [0, 0.05) is 214 Å². The molecule has 0 bridgehead atoms. The van der Waals surface area contributed by atoms with E-state index >= 15 is 0 Å². The monoisotopic (exact) mass is 1830 g/mol. The summed E-state index contributed by atoms with van der Waals surface area (Å²) in [5, 5.41) is 43.6. The van der Waals surface area contributed by atoms with Gasteiger partial charge in [0.1, 0.15) is 34.2 Å². The average Bonchev–Trinajstić information content (AvgIpc) is 1.63. The van der Waals surface area contributed by atoms with Crippen LogP contribution in [0.25, 0.3) is 10.9 Å². The summed E-state index contributed by atoms with van der Waals surface area (Å²) in [6.45, 7) is 2.68. The molecule has 0 atom stereocenters. The number of hydrogen-bond acceptors (Lipinski definition) is 22. The highest BCUT2D eigenvalue weighted by Crippen LogP contribution is 2.26. The van der Waals surface area contributed by atoms with Crippen molar-refractivity contribution >= 4 is 169 Å². The van der Waals surface area contributed by atoms with Crippen LogP contribution in [0.4, 0.5) is 63.2 Å². The van der Waals surface area contributed by atoms with E-state index in [0.717, 1.165) is 13.0 Å². The summed E-state index contributed by atoms with van der Waals surface area (Å²) in [5.74, 6) is -8.68. The van der Waals surface area contributed by atoms with Gasteiger partial charge in [-0.3, -0.25) is 76.7 Å². The van der Waals surface area contributed by atoms with Gasteiger partial charge in [-0.2, -0.15) is 0 Å². The molecule has 1 aromatic carbocycles. The van der Waals surface area contributed by atoms with Crippen LogP contribution >= 0.6 is 0 Å². The molecule has 0 aliphatic heterocycles. The van der Waals surface area contributed by atoms with E-state index in [-0.39, 0.29) is 185 Å². The van der Waals surface area contributed by atoms with Gasteiger partial charge in [0.2, 0.25) is 58.7 Å². The first kappa shape index (κ1) is 94.8. The second-order valence-electron chi connectivity index (χ2n) is 31.3. The van der Waals surface area contributed by atoms with Gasteiger partial charge in [0.25, 0.3) is 65.0 Å². The Bertz CT molecular complexity index is 6570. The summed E-state index contributed by atoms with van der Waals surface area (Å²) < 4.78 is 14.3. The maximum atomic E-state index is 13.6. The molecule has 0 aliphatic rings. The molecule has 17 N–H and O–H groups in total. The number of nitrogens with one attached hydrogen (secondary N) is 17. The molecule has 0 radical (unpaired) electrons. The van der Waals surface area contributed by atoms with E-state index in [1.54, 1.807) is 84.4 Å². The molecule has 0 saturated carbocycles. The van der Waals surface area contributed by atoms with Gasteiger partial charge in [0.05, 0.1) is 28.4 Å². The molecule has 11 aromatic heterocycles. The Morgan fingerprint density at radius 1 is 0.286 bits per heavy atom. The first-order chi connectivity index (χ1) is 63.2. The van der Waals surface area contributed by atoms with Gasteiger partial charge < -0.3 is 141 Å². The van der Waals surface area contributed by atoms with Crippen molar-refractivity contribution in [1.82, 2.24) is 107 Å². The number of hydrogen-bond donors (Lipinski definition) is 17. The Labute approximate surface area is 756 Å². The normalized spacial score (nSPS) is 11.1. The molecule has 49 heteroatoms. The van der Waals surface area contributed by atoms with Crippen LogP contribution in [0.15, 0.2) is 117 Å². The third-order valence-electron chi connectivity index (χ3n) is 20.2. The number of imidazole rings is 5. The van der Waals surface area contributed by atoms with E-state index < -0.39 is 76.8 Å². The van der Waals surface area contributed by atoms with Crippen molar-refractivity contribution in [2.24, 2.45) is 70.5 Å². The van der Waals surface area contributed by atoms with Crippen LogP contribution in [0.5, 0.6) is 0 Å². The summed E-state index contributed by atoms with van der Waals surface area (Å²) in [6.07, 6.45) is 15.4.